The number of fused-ring (bicyclic) bond motifs is 1. The van der Waals surface area contributed by atoms with E-state index in [2.05, 4.69) is 25.5 Å². The van der Waals surface area contributed by atoms with Gasteiger partial charge in [0.05, 0.1) is 0 Å². The van der Waals surface area contributed by atoms with Gasteiger partial charge in [-0.1, -0.05) is 12.1 Å². The minimum Gasteiger partial charge on any atom is -0.363 e. The third-order valence-electron chi connectivity index (χ3n) is 2.87. The van der Waals surface area contributed by atoms with Crippen LogP contribution in [0.25, 0.3) is 11.0 Å². The smallest absolute Gasteiger partial charge is 0.174 e. The predicted molar refractivity (Wildman–Crippen MR) is 70.8 cm³/mol. The third-order valence-corrected chi connectivity index (χ3v) is 2.87. The zero-order chi connectivity index (χ0) is 13.9. The number of aromatic amines is 1. The number of benzene rings is 1. The summed E-state index contributed by atoms with van der Waals surface area (Å²) in [5.41, 5.74) is 2.21. The Morgan fingerprint density at radius 1 is 1.25 bits per heavy atom. The molecule has 3 rings (SSSR count). The van der Waals surface area contributed by atoms with Gasteiger partial charge in [-0.3, -0.25) is 9.89 Å². The van der Waals surface area contributed by atoms with Crippen molar-refractivity contribution in [3.63, 3.8) is 0 Å². The Bertz CT molecular complexity index is 753. The van der Waals surface area contributed by atoms with E-state index < -0.39 is 0 Å². The van der Waals surface area contributed by atoms with E-state index in [1.807, 2.05) is 0 Å². The van der Waals surface area contributed by atoms with Crippen molar-refractivity contribution >= 4 is 23.1 Å². The summed E-state index contributed by atoms with van der Waals surface area (Å²) in [5, 5.41) is 9.87. The van der Waals surface area contributed by atoms with Gasteiger partial charge in [-0.2, -0.15) is 5.10 Å². The molecule has 0 bridgehead atoms. The van der Waals surface area contributed by atoms with Crippen molar-refractivity contribution in [1.82, 2.24) is 20.2 Å². The Morgan fingerprint density at radius 3 is 2.80 bits per heavy atom. The normalized spacial score (nSPS) is 10.7. The fourth-order valence-electron chi connectivity index (χ4n) is 1.85. The first-order chi connectivity index (χ1) is 9.78. The van der Waals surface area contributed by atoms with Gasteiger partial charge in [0.1, 0.15) is 28.9 Å². The summed E-state index contributed by atoms with van der Waals surface area (Å²) in [4.78, 5) is 18.8. The minimum atomic E-state index is -0.276. The largest absolute Gasteiger partial charge is 0.363 e. The summed E-state index contributed by atoms with van der Waals surface area (Å²) in [7, 11) is 0. The van der Waals surface area contributed by atoms with Crippen LogP contribution in [0.2, 0.25) is 0 Å². The van der Waals surface area contributed by atoms with E-state index >= 15 is 0 Å². The van der Waals surface area contributed by atoms with Crippen LogP contribution in [0, 0.1) is 5.82 Å². The predicted octanol–water partition coefficient (Wildman–Crippen LogP) is 1.92. The summed E-state index contributed by atoms with van der Waals surface area (Å²) >= 11 is 0. The van der Waals surface area contributed by atoms with Crippen LogP contribution in [0.3, 0.4) is 0 Å². The van der Waals surface area contributed by atoms with Crippen LogP contribution < -0.4 is 5.32 Å². The van der Waals surface area contributed by atoms with Crippen molar-refractivity contribution in [2.75, 3.05) is 5.32 Å². The summed E-state index contributed by atoms with van der Waals surface area (Å²) in [6.45, 7) is 0.473. The molecule has 0 amide bonds. The van der Waals surface area contributed by atoms with E-state index in [-0.39, 0.29) is 11.5 Å². The number of H-pyrrole nitrogens is 1. The molecule has 2 aromatic heterocycles. The van der Waals surface area contributed by atoms with Gasteiger partial charge in [0, 0.05) is 6.54 Å². The Hall–Kier alpha value is -2.83. The van der Waals surface area contributed by atoms with Gasteiger partial charge in [0.25, 0.3) is 0 Å². The number of halogens is 1. The fourth-order valence-corrected chi connectivity index (χ4v) is 1.85. The number of carbonyl (C=O) groups excluding carboxylic acids is 1. The van der Waals surface area contributed by atoms with Crippen LogP contribution in [0.1, 0.15) is 16.1 Å². The van der Waals surface area contributed by atoms with Crippen LogP contribution in [0.15, 0.2) is 30.6 Å². The Balaban J connectivity index is 1.84. The topological polar surface area (TPSA) is 83.6 Å². The van der Waals surface area contributed by atoms with Crippen LogP contribution in [-0.2, 0) is 6.54 Å². The van der Waals surface area contributed by atoms with E-state index in [4.69, 9.17) is 0 Å². The zero-order valence-corrected chi connectivity index (χ0v) is 10.3. The van der Waals surface area contributed by atoms with Crippen molar-refractivity contribution < 1.29 is 9.18 Å². The number of nitrogens with one attached hydrogen (secondary N) is 2. The lowest BCUT2D eigenvalue weighted by Crippen LogP contribution is -2.00. The fraction of sp³-hybridized carbons (Fsp3) is 0.0769. The molecule has 6 nitrogen and oxygen atoms in total. The molecule has 0 radical (unpaired) electrons. The van der Waals surface area contributed by atoms with Crippen molar-refractivity contribution in [1.29, 1.82) is 0 Å². The highest BCUT2D eigenvalue weighted by molar-refractivity contribution is 5.96. The number of aromatic nitrogens is 4. The molecule has 2 heterocycles. The van der Waals surface area contributed by atoms with E-state index in [0.29, 0.717) is 29.7 Å². The minimum absolute atomic E-state index is 0.261. The molecule has 0 saturated heterocycles. The Labute approximate surface area is 113 Å². The summed E-state index contributed by atoms with van der Waals surface area (Å²) in [6.07, 6.45) is 1.95. The SMILES string of the molecule is O=Cc1ncnc2c(NCc3ccc(F)cc3)n[nH]c12. The molecular formula is C13H10FN5O. The number of nitrogens with zero attached hydrogens (tertiary/aromatic N) is 3. The quantitative estimate of drug-likeness (QED) is 0.708. The first-order valence-electron chi connectivity index (χ1n) is 5.90. The second-order valence-corrected chi connectivity index (χ2v) is 4.15. The van der Waals surface area contributed by atoms with Crippen molar-refractivity contribution in [2.24, 2.45) is 0 Å². The lowest BCUT2D eigenvalue weighted by Gasteiger charge is -2.03. The number of hydrogen-bond acceptors (Lipinski definition) is 5. The first-order valence-corrected chi connectivity index (χ1v) is 5.90. The molecule has 100 valence electrons. The molecule has 1 aromatic carbocycles. The Morgan fingerprint density at radius 2 is 2.05 bits per heavy atom. The molecule has 0 aliphatic carbocycles. The van der Waals surface area contributed by atoms with E-state index in [0.717, 1.165) is 5.56 Å². The molecule has 0 fully saturated rings. The Kier molecular flexibility index (Phi) is 3.08. The maximum atomic E-state index is 12.8. The highest BCUT2D eigenvalue weighted by atomic mass is 19.1. The maximum Gasteiger partial charge on any atom is 0.174 e. The molecule has 20 heavy (non-hydrogen) atoms. The summed E-state index contributed by atoms with van der Waals surface area (Å²) < 4.78 is 12.8. The van der Waals surface area contributed by atoms with Crippen molar-refractivity contribution in [2.45, 2.75) is 6.54 Å². The van der Waals surface area contributed by atoms with Gasteiger partial charge >= 0.3 is 0 Å². The van der Waals surface area contributed by atoms with E-state index in [9.17, 15) is 9.18 Å². The number of carbonyl (C=O) groups is 1. The molecule has 0 spiro atoms. The molecule has 0 atom stereocenters. The van der Waals surface area contributed by atoms with Crippen LogP contribution >= 0.6 is 0 Å². The maximum absolute atomic E-state index is 12.8. The van der Waals surface area contributed by atoms with E-state index in [1.54, 1.807) is 12.1 Å². The van der Waals surface area contributed by atoms with Gasteiger partial charge in [-0.05, 0) is 17.7 Å². The second kappa shape index (κ2) is 5.04. The molecule has 0 aliphatic heterocycles. The van der Waals surface area contributed by atoms with Gasteiger partial charge in [-0.15, -0.1) is 0 Å². The van der Waals surface area contributed by atoms with Crippen LogP contribution in [-0.4, -0.2) is 26.5 Å². The second-order valence-electron chi connectivity index (χ2n) is 4.15. The summed E-state index contributed by atoms with van der Waals surface area (Å²) in [6, 6.07) is 6.16. The van der Waals surface area contributed by atoms with Crippen LogP contribution in [0.4, 0.5) is 10.2 Å². The average molecular weight is 271 g/mol. The number of rotatable bonds is 4. The van der Waals surface area contributed by atoms with Gasteiger partial charge < -0.3 is 5.32 Å². The standard InChI is InChI=1S/C13H10FN5O/c14-9-3-1-8(2-4-9)5-15-13-12-11(18-19-13)10(6-20)16-7-17-12/h1-4,6-7H,5H2,(H2,15,18,19). The van der Waals surface area contributed by atoms with Gasteiger partial charge in [0.2, 0.25) is 0 Å². The molecule has 0 saturated carbocycles. The van der Waals surface area contributed by atoms with Gasteiger partial charge in [-0.25, -0.2) is 14.4 Å². The monoisotopic (exact) mass is 271 g/mol. The number of anilines is 1. The molecule has 0 unspecified atom stereocenters. The lowest BCUT2D eigenvalue weighted by molar-refractivity contribution is 0.112. The third kappa shape index (κ3) is 2.20. The lowest BCUT2D eigenvalue weighted by atomic mass is 10.2. The molecular weight excluding hydrogens is 261 g/mol. The summed E-state index contributed by atoms with van der Waals surface area (Å²) in [5.74, 6) is 0.247. The number of aldehydes is 1. The van der Waals surface area contributed by atoms with Crippen molar-refractivity contribution in [3.05, 3.63) is 47.7 Å². The molecule has 2 N–H and O–H groups in total. The molecule has 3 aromatic rings. The van der Waals surface area contributed by atoms with Crippen molar-refractivity contribution in [3.8, 4) is 0 Å². The first kappa shape index (κ1) is 12.2. The van der Waals surface area contributed by atoms with Gasteiger partial charge in [0.15, 0.2) is 12.1 Å². The molecule has 0 aliphatic rings. The number of hydrogen-bond donors (Lipinski definition) is 2. The molecule has 7 heteroatoms. The van der Waals surface area contributed by atoms with Crippen LogP contribution in [0.5, 0.6) is 0 Å². The highest BCUT2D eigenvalue weighted by Gasteiger charge is 2.10. The average Bonchev–Trinajstić information content (AvgIpc) is 2.90. The zero-order valence-electron chi connectivity index (χ0n) is 10.3. The van der Waals surface area contributed by atoms with E-state index in [1.165, 1.54) is 18.5 Å². The highest BCUT2D eigenvalue weighted by Crippen LogP contribution is 2.19.